The lowest BCUT2D eigenvalue weighted by Crippen LogP contribution is -2.42. The zero-order chi connectivity index (χ0) is 24.2. The number of nitrogens with zero attached hydrogens (tertiary/aromatic N) is 1. The Bertz CT molecular complexity index is 1010. The van der Waals surface area contributed by atoms with E-state index in [0.29, 0.717) is 40.3 Å². The Hall–Kier alpha value is -1.47. The van der Waals surface area contributed by atoms with Crippen LogP contribution in [0.15, 0.2) is 30.3 Å². The maximum Gasteiger partial charge on any atom is 0.264 e. The highest BCUT2D eigenvalue weighted by Crippen LogP contribution is 2.45. The van der Waals surface area contributed by atoms with Crippen LogP contribution in [0, 0.1) is 11.7 Å². The molecule has 2 aliphatic rings. The molecule has 1 saturated carbocycles. The molecule has 1 aliphatic heterocycles. The topological polar surface area (TPSA) is 41.6 Å². The van der Waals surface area contributed by atoms with Gasteiger partial charge in [0, 0.05) is 46.9 Å². The molecule has 1 N–H and O–H groups in total. The Morgan fingerprint density at radius 2 is 1.88 bits per heavy atom. The van der Waals surface area contributed by atoms with Crippen molar-refractivity contribution in [2.75, 3.05) is 18.9 Å². The first-order chi connectivity index (χ1) is 16.3. The highest BCUT2D eigenvalue weighted by atomic mass is 35.5. The van der Waals surface area contributed by atoms with Crippen LogP contribution in [0.1, 0.15) is 66.9 Å². The van der Waals surface area contributed by atoms with Gasteiger partial charge in [0.2, 0.25) is 0 Å². The number of piperidine rings is 1. The summed E-state index contributed by atoms with van der Waals surface area (Å²) in [4.78, 5) is 14.8. The molecule has 1 amide bonds. The third kappa shape index (κ3) is 6.60. The highest BCUT2D eigenvalue weighted by Gasteiger charge is 2.31. The van der Waals surface area contributed by atoms with Gasteiger partial charge in [-0.05, 0) is 73.9 Å². The van der Waals surface area contributed by atoms with Gasteiger partial charge in [-0.3, -0.25) is 14.4 Å². The minimum Gasteiger partial charge on any atom is -0.493 e. The molecule has 0 aromatic heterocycles. The number of hydrogen-bond donors (Lipinski definition) is 1. The van der Waals surface area contributed by atoms with E-state index in [2.05, 4.69) is 16.5 Å². The first kappa shape index (κ1) is 25.6. The molecule has 4 rings (SSSR count). The number of rotatable bonds is 9. The van der Waals surface area contributed by atoms with E-state index in [0.717, 1.165) is 55.7 Å². The van der Waals surface area contributed by atoms with E-state index in [-0.39, 0.29) is 5.56 Å². The van der Waals surface area contributed by atoms with Crippen LogP contribution in [0.4, 0.5) is 4.39 Å². The Labute approximate surface area is 215 Å². The zero-order valence-electron chi connectivity index (χ0n) is 19.6. The number of hydrogen-bond acceptors (Lipinski definition) is 4. The number of carbonyl (C=O) groups is 1. The van der Waals surface area contributed by atoms with Crippen LogP contribution < -0.4 is 9.46 Å². The third-order valence-electron chi connectivity index (χ3n) is 6.56. The second-order valence-electron chi connectivity index (χ2n) is 9.32. The molecule has 2 atom stereocenters. The van der Waals surface area contributed by atoms with Crippen LogP contribution in [0.5, 0.6) is 5.75 Å². The van der Waals surface area contributed by atoms with Crippen molar-refractivity contribution in [2.45, 2.75) is 58.0 Å². The summed E-state index contributed by atoms with van der Waals surface area (Å²) >= 11 is 13.6. The van der Waals surface area contributed by atoms with Crippen molar-refractivity contribution in [3.05, 3.63) is 62.9 Å². The number of benzene rings is 2. The summed E-state index contributed by atoms with van der Waals surface area (Å²) in [6, 6.07) is 9.20. The summed E-state index contributed by atoms with van der Waals surface area (Å²) in [5.74, 6) is 1.06. The summed E-state index contributed by atoms with van der Waals surface area (Å²) < 4.78 is 23.7. The van der Waals surface area contributed by atoms with Gasteiger partial charge in [0.1, 0.15) is 11.6 Å². The largest absolute Gasteiger partial charge is 0.493 e. The second-order valence-corrected chi connectivity index (χ2v) is 11.3. The van der Waals surface area contributed by atoms with E-state index < -0.39 is 11.7 Å². The quantitative estimate of drug-likeness (QED) is 0.355. The average molecular weight is 526 g/mol. The maximum absolute atomic E-state index is 14.8. The lowest BCUT2D eigenvalue weighted by Gasteiger charge is -2.38. The molecule has 1 heterocycles. The van der Waals surface area contributed by atoms with E-state index in [1.54, 1.807) is 12.1 Å². The molecule has 2 fully saturated rings. The summed E-state index contributed by atoms with van der Waals surface area (Å²) in [5.41, 5.74) is 2.13. The third-order valence-corrected chi connectivity index (χ3v) is 7.62. The fraction of sp³-hybridized carbons (Fsp3) is 0.500. The zero-order valence-corrected chi connectivity index (χ0v) is 21.9. The smallest absolute Gasteiger partial charge is 0.264 e. The van der Waals surface area contributed by atoms with Gasteiger partial charge in [-0.25, -0.2) is 4.39 Å². The van der Waals surface area contributed by atoms with Crippen LogP contribution in [0.2, 0.25) is 10.0 Å². The number of carbonyl (C=O) groups excluding carboxylic acids is 1. The molecule has 34 heavy (non-hydrogen) atoms. The van der Waals surface area contributed by atoms with Crippen LogP contribution >= 0.6 is 35.1 Å². The van der Waals surface area contributed by atoms with Crippen LogP contribution in [-0.2, 0) is 6.54 Å². The van der Waals surface area contributed by atoms with Gasteiger partial charge in [0.05, 0.1) is 12.2 Å². The minimum absolute atomic E-state index is 0.0908. The number of amides is 1. The SMILES string of the molecule is CCSNC(=O)c1cc(C2CC2)c(OCC2CC[C@@H](C)N(Cc3cc(Cl)cc(Cl)c3)C2)cc1F. The van der Waals surface area contributed by atoms with E-state index in [9.17, 15) is 9.18 Å². The monoisotopic (exact) mass is 524 g/mol. The molecule has 0 bridgehead atoms. The van der Waals surface area contributed by atoms with Crippen LogP contribution in [0.3, 0.4) is 0 Å². The molecule has 2 aromatic rings. The van der Waals surface area contributed by atoms with Gasteiger partial charge in [-0.2, -0.15) is 0 Å². The summed E-state index contributed by atoms with van der Waals surface area (Å²) in [7, 11) is 0. The maximum atomic E-state index is 14.8. The van der Waals surface area contributed by atoms with E-state index in [1.807, 2.05) is 19.1 Å². The molecule has 0 spiro atoms. The number of nitrogens with one attached hydrogen (secondary N) is 1. The Morgan fingerprint density at radius 1 is 1.15 bits per heavy atom. The van der Waals surface area contributed by atoms with Gasteiger partial charge < -0.3 is 4.74 Å². The van der Waals surface area contributed by atoms with Crippen molar-refractivity contribution < 1.29 is 13.9 Å². The van der Waals surface area contributed by atoms with Gasteiger partial charge in [0.15, 0.2) is 0 Å². The normalized spacial score (nSPS) is 20.9. The predicted octanol–water partition coefficient (Wildman–Crippen LogP) is 7.09. The number of likely N-dealkylation sites (tertiary alicyclic amines) is 1. The Balaban J connectivity index is 1.42. The first-order valence-electron chi connectivity index (χ1n) is 11.9. The molecule has 2 aromatic carbocycles. The summed E-state index contributed by atoms with van der Waals surface area (Å²) in [6.45, 7) is 6.37. The fourth-order valence-electron chi connectivity index (χ4n) is 4.54. The molecule has 8 heteroatoms. The number of ether oxygens (including phenoxy) is 1. The van der Waals surface area contributed by atoms with Crippen molar-refractivity contribution in [3.63, 3.8) is 0 Å². The summed E-state index contributed by atoms with van der Waals surface area (Å²) in [5, 5.41) is 1.29. The van der Waals surface area contributed by atoms with Crippen molar-refractivity contribution in [3.8, 4) is 5.75 Å². The number of halogens is 3. The standard InChI is InChI=1S/C26H31Cl2FN2O2S/c1-3-34-30-26(32)23-11-22(19-6-7-19)25(12-24(23)29)33-15-17-5-4-16(2)31(13-17)14-18-8-20(27)10-21(28)9-18/h8-12,16-17,19H,3-7,13-15H2,1-2H3,(H,30,32)/t16-,17?/m1/s1. The van der Waals surface area contributed by atoms with Crippen molar-refractivity contribution in [1.29, 1.82) is 0 Å². The second kappa shape index (κ2) is 11.5. The van der Waals surface area contributed by atoms with E-state index >= 15 is 0 Å². The molecular formula is C26H31Cl2FN2O2S. The van der Waals surface area contributed by atoms with Gasteiger partial charge in [-0.1, -0.05) is 42.1 Å². The lowest BCUT2D eigenvalue weighted by atomic mass is 9.93. The van der Waals surface area contributed by atoms with E-state index in [4.69, 9.17) is 27.9 Å². The van der Waals surface area contributed by atoms with E-state index in [1.165, 1.54) is 18.0 Å². The molecule has 1 aliphatic carbocycles. The lowest BCUT2D eigenvalue weighted by molar-refractivity contribution is 0.0831. The molecular weight excluding hydrogens is 494 g/mol. The Morgan fingerprint density at radius 3 is 2.56 bits per heavy atom. The average Bonchev–Trinajstić information content (AvgIpc) is 3.62. The first-order valence-corrected chi connectivity index (χ1v) is 13.7. The van der Waals surface area contributed by atoms with Crippen LogP contribution in [-0.4, -0.2) is 35.8 Å². The Kier molecular flexibility index (Phi) is 8.67. The van der Waals surface area contributed by atoms with Crippen molar-refractivity contribution in [2.24, 2.45) is 5.92 Å². The highest BCUT2D eigenvalue weighted by molar-refractivity contribution is 7.97. The van der Waals surface area contributed by atoms with Crippen LogP contribution in [0.25, 0.3) is 0 Å². The van der Waals surface area contributed by atoms with Gasteiger partial charge >= 0.3 is 0 Å². The van der Waals surface area contributed by atoms with Gasteiger partial charge in [0.25, 0.3) is 5.91 Å². The molecule has 1 unspecified atom stereocenters. The van der Waals surface area contributed by atoms with Crippen molar-refractivity contribution >= 4 is 41.1 Å². The molecule has 4 nitrogen and oxygen atoms in total. The van der Waals surface area contributed by atoms with Crippen molar-refractivity contribution in [1.82, 2.24) is 9.62 Å². The minimum atomic E-state index is -0.537. The predicted molar refractivity (Wildman–Crippen MR) is 139 cm³/mol. The summed E-state index contributed by atoms with van der Waals surface area (Å²) in [6.07, 6.45) is 4.22. The fourth-order valence-corrected chi connectivity index (χ4v) is 5.50. The van der Waals surface area contributed by atoms with Gasteiger partial charge in [-0.15, -0.1) is 0 Å². The molecule has 184 valence electrons. The molecule has 1 saturated heterocycles. The molecule has 0 radical (unpaired) electrons.